The maximum atomic E-state index is 11.5. The Kier molecular flexibility index (Phi) is 4.39. The van der Waals surface area contributed by atoms with E-state index in [1.165, 1.54) is 0 Å². The van der Waals surface area contributed by atoms with Gasteiger partial charge in [-0.2, -0.15) is 0 Å². The van der Waals surface area contributed by atoms with E-state index in [0.29, 0.717) is 5.92 Å². The molecule has 1 N–H and O–H groups in total. The van der Waals surface area contributed by atoms with Crippen molar-refractivity contribution in [3.63, 3.8) is 0 Å². The highest BCUT2D eigenvalue weighted by molar-refractivity contribution is 5.73. The summed E-state index contributed by atoms with van der Waals surface area (Å²) in [6, 6.07) is 0.255. The Bertz CT molecular complexity index is 217. The molecule has 0 spiro atoms. The van der Waals surface area contributed by atoms with Crippen LogP contribution in [0.15, 0.2) is 0 Å². The van der Waals surface area contributed by atoms with E-state index in [2.05, 4.69) is 19.2 Å². The zero-order valence-corrected chi connectivity index (χ0v) is 10.1. The number of rotatable bonds is 2. The van der Waals surface area contributed by atoms with Crippen molar-refractivity contribution < 1.29 is 9.53 Å². The van der Waals surface area contributed by atoms with Gasteiger partial charge < -0.3 is 15.0 Å². The molecule has 1 saturated heterocycles. The molecule has 2 atom stereocenters. The van der Waals surface area contributed by atoms with E-state index in [1.54, 1.807) is 19.0 Å². The first-order chi connectivity index (χ1) is 7.00. The van der Waals surface area contributed by atoms with Crippen LogP contribution >= 0.6 is 0 Å². The molecule has 15 heavy (non-hydrogen) atoms. The first-order valence-corrected chi connectivity index (χ1v) is 5.60. The van der Waals surface area contributed by atoms with Gasteiger partial charge in [0.15, 0.2) is 0 Å². The van der Waals surface area contributed by atoms with Gasteiger partial charge in [0, 0.05) is 26.7 Å². The number of carbonyl (C=O) groups is 1. The summed E-state index contributed by atoms with van der Waals surface area (Å²) in [5.74, 6) is 0.518. The van der Waals surface area contributed by atoms with E-state index in [-0.39, 0.29) is 18.2 Å². The SMILES string of the molecule is CC(C)[C@@H]1C[C@H](NC(=O)N(C)C)CCO1. The van der Waals surface area contributed by atoms with Crippen molar-refractivity contribution in [1.82, 2.24) is 10.2 Å². The zero-order chi connectivity index (χ0) is 11.4. The lowest BCUT2D eigenvalue weighted by molar-refractivity contribution is -0.0229. The van der Waals surface area contributed by atoms with Gasteiger partial charge in [-0.25, -0.2) is 4.79 Å². The van der Waals surface area contributed by atoms with Gasteiger partial charge in [-0.1, -0.05) is 13.8 Å². The summed E-state index contributed by atoms with van der Waals surface area (Å²) in [5.41, 5.74) is 0. The first kappa shape index (κ1) is 12.3. The number of hydrogen-bond acceptors (Lipinski definition) is 2. The van der Waals surface area contributed by atoms with Crippen LogP contribution in [0.1, 0.15) is 26.7 Å². The number of amides is 2. The molecule has 1 rings (SSSR count). The van der Waals surface area contributed by atoms with Crippen molar-refractivity contribution in [1.29, 1.82) is 0 Å². The topological polar surface area (TPSA) is 41.6 Å². The second-order valence-electron chi connectivity index (χ2n) is 4.72. The molecule has 1 aliphatic rings. The van der Waals surface area contributed by atoms with Crippen LogP contribution in [-0.2, 0) is 4.74 Å². The first-order valence-electron chi connectivity index (χ1n) is 5.60. The van der Waals surface area contributed by atoms with Crippen molar-refractivity contribution >= 4 is 6.03 Å². The van der Waals surface area contributed by atoms with E-state index in [1.807, 2.05) is 0 Å². The lowest BCUT2D eigenvalue weighted by Gasteiger charge is -2.32. The smallest absolute Gasteiger partial charge is 0.317 e. The molecule has 0 aromatic rings. The molecule has 0 unspecified atom stereocenters. The second-order valence-corrected chi connectivity index (χ2v) is 4.72. The molecule has 4 heteroatoms. The van der Waals surface area contributed by atoms with Gasteiger partial charge in [0.1, 0.15) is 0 Å². The molecule has 1 aliphatic heterocycles. The molecular formula is C11H22N2O2. The largest absolute Gasteiger partial charge is 0.378 e. The third kappa shape index (κ3) is 3.70. The van der Waals surface area contributed by atoms with Crippen molar-refractivity contribution in [2.24, 2.45) is 5.92 Å². The predicted molar refractivity (Wildman–Crippen MR) is 59.8 cm³/mol. The lowest BCUT2D eigenvalue weighted by Crippen LogP contribution is -2.46. The molecule has 88 valence electrons. The molecule has 0 aromatic heterocycles. The van der Waals surface area contributed by atoms with Gasteiger partial charge in [-0.3, -0.25) is 0 Å². The van der Waals surface area contributed by atoms with Crippen LogP contribution in [0, 0.1) is 5.92 Å². The van der Waals surface area contributed by atoms with Gasteiger partial charge in [-0.05, 0) is 18.8 Å². The fraction of sp³-hybridized carbons (Fsp3) is 0.909. The number of nitrogens with one attached hydrogen (secondary N) is 1. The van der Waals surface area contributed by atoms with Crippen LogP contribution in [0.25, 0.3) is 0 Å². The maximum absolute atomic E-state index is 11.5. The second kappa shape index (κ2) is 5.35. The van der Waals surface area contributed by atoms with Crippen molar-refractivity contribution in [2.45, 2.75) is 38.8 Å². The summed E-state index contributed by atoms with van der Waals surface area (Å²) < 4.78 is 5.65. The molecule has 0 bridgehead atoms. The number of ether oxygens (including phenoxy) is 1. The van der Waals surface area contributed by atoms with Crippen molar-refractivity contribution in [3.05, 3.63) is 0 Å². The minimum atomic E-state index is -0.00981. The zero-order valence-electron chi connectivity index (χ0n) is 10.1. The number of carbonyl (C=O) groups excluding carboxylic acids is 1. The maximum Gasteiger partial charge on any atom is 0.317 e. The normalized spacial score (nSPS) is 26.5. The molecule has 4 nitrogen and oxygen atoms in total. The highest BCUT2D eigenvalue weighted by Crippen LogP contribution is 2.20. The minimum absolute atomic E-state index is 0.00981. The summed E-state index contributed by atoms with van der Waals surface area (Å²) in [6.45, 7) is 5.06. The summed E-state index contributed by atoms with van der Waals surface area (Å²) in [6.07, 6.45) is 2.13. The van der Waals surface area contributed by atoms with E-state index >= 15 is 0 Å². The van der Waals surface area contributed by atoms with Gasteiger partial charge in [0.2, 0.25) is 0 Å². The van der Waals surface area contributed by atoms with Crippen LogP contribution in [-0.4, -0.2) is 43.8 Å². The summed E-state index contributed by atoms with van der Waals surface area (Å²) in [4.78, 5) is 13.0. The molecule has 0 aliphatic carbocycles. The predicted octanol–water partition coefficient (Wildman–Crippen LogP) is 1.46. The number of hydrogen-bond donors (Lipinski definition) is 1. The fourth-order valence-electron chi connectivity index (χ4n) is 1.73. The van der Waals surface area contributed by atoms with Crippen LogP contribution in [0.4, 0.5) is 4.79 Å². The fourth-order valence-corrected chi connectivity index (χ4v) is 1.73. The Morgan fingerprint density at radius 1 is 1.47 bits per heavy atom. The molecule has 2 amide bonds. The summed E-state index contributed by atoms with van der Waals surface area (Å²) >= 11 is 0. The summed E-state index contributed by atoms with van der Waals surface area (Å²) in [7, 11) is 3.52. The Morgan fingerprint density at radius 3 is 2.67 bits per heavy atom. The highest BCUT2D eigenvalue weighted by Gasteiger charge is 2.26. The van der Waals surface area contributed by atoms with Crippen molar-refractivity contribution in [3.8, 4) is 0 Å². The molecular weight excluding hydrogens is 192 g/mol. The lowest BCUT2D eigenvalue weighted by atomic mass is 9.95. The standard InChI is InChI=1S/C11H22N2O2/c1-8(2)10-7-9(5-6-15-10)12-11(14)13(3)4/h8-10H,5-7H2,1-4H3,(H,12,14)/t9-,10+/m1/s1. The summed E-state index contributed by atoms with van der Waals surface area (Å²) in [5, 5.41) is 3.01. The van der Waals surface area contributed by atoms with Crippen LogP contribution in [0.5, 0.6) is 0 Å². The van der Waals surface area contributed by atoms with E-state index in [0.717, 1.165) is 19.4 Å². The minimum Gasteiger partial charge on any atom is -0.378 e. The molecule has 0 saturated carbocycles. The Hall–Kier alpha value is -0.770. The van der Waals surface area contributed by atoms with Crippen molar-refractivity contribution in [2.75, 3.05) is 20.7 Å². The number of nitrogens with zero attached hydrogens (tertiary/aromatic N) is 1. The number of urea groups is 1. The van der Waals surface area contributed by atoms with Gasteiger partial charge >= 0.3 is 6.03 Å². The quantitative estimate of drug-likeness (QED) is 0.756. The average Bonchev–Trinajstić information content (AvgIpc) is 2.18. The van der Waals surface area contributed by atoms with Gasteiger partial charge in [0.25, 0.3) is 0 Å². The van der Waals surface area contributed by atoms with E-state index < -0.39 is 0 Å². The molecule has 1 fully saturated rings. The molecule has 0 aromatic carbocycles. The Morgan fingerprint density at radius 2 is 2.13 bits per heavy atom. The molecule has 1 heterocycles. The third-order valence-electron chi connectivity index (χ3n) is 2.79. The van der Waals surface area contributed by atoms with E-state index in [9.17, 15) is 4.79 Å². The van der Waals surface area contributed by atoms with Gasteiger partial charge in [0.05, 0.1) is 6.10 Å². The van der Waals surface area contributed by atoms with Crippen LogP contribution in [0.3, 0.4) is 0 Å². The Labute approximate surface area is 92.0 Å². The van der Waals surface area contributed by atoms with E-state index in [4.69, 9.17) is 4.74 Å². The Balaban J connectivity index is 2.39. The van der Waals surface area contributed by atoms with Gasteiger partial charge in [-0.15, -0.1) is 0 Å². The monoisotopic (exact) mass is 214 g/mol. The van der Waals surface area contributed by atoms with Crippen LogP contribution < -0.4 is 5.32 Å². The third-order valence-corrected chi connectivity index (χ3v) is 2.79. The highest BCUT2D eigenvalue weighted by atomic mass is 16.5. The molecule has 0 radical (unpaired) electrons. The average molecular weight is 214 g/mol. The van der Waals surface area contributed by atoms with Crippen LogP contribution in [0.2, 0.25) is 0 Å².